The molecule has 0 aliphatic carbocycles. The molecular weight excluding hydrogens is 296 g/mol. The third-order valence-electron chi connectivity index (χ3n) is 4.54. The van der Waals surface area contributed by atoms with E-state index in [9.17, 15) is 10.2 Å². The quantitative estimate of drug-likeness (QED) is 0.426. The number of unbranched alkanes of at least 4 members (excludes halogenated alkanes) is 9. The van der Waals surface area contributed by atoms with Crippen LogP contribution in [0.3, 0.4) is 0 Å². The molecule has 1 saturated heterocycles. The van der Waals surface area contributed by atoms with Gasteiger partial charge in [-0.05, 0) is 6.42 Å². The second-order valence-electron chi connectivity index (χ2n) is 6.63. The fourth-order valence-electron chi connectivity index (χ4n) is 3.07. The zero-order chi connectivity index (χ0) is 16.9. The van der Waals surface area contributed by atoms with E-state index in [2.05, 4.69) is 6.92 Å². The minimum atomic E-state index is -0.996. The highest BCUT2D eigenvalue weighted by Gasteiger charge is 2.40. The molecule has 0 amide bonds. The lowest BCUT2D eigenvalue weighted by Gasteiger charge is -2.23. The summed E-state index contributed by atoms with van der Waals surface area (Å²) >= 11 is 0. The van der Waals surface area contributed by atoms with Crippen LogP contribution in [0.4, 0.5) is 0 Å². The zero-order valence-corrected chi connectivity index (χ0v) is 14.7. The summed E-state index contributed by atoms with van der Waals surface area (Å²) < 4.78 is 11.0. The largest absolute Gasteiger partial charge is 0.394 e. The van der Waals surface area contributed by atoms with Gasteiger partial charge in [0.25, 0.3) is 0 Å². The summed E-state index contributed by atoms with van der Waals surface area (Å²) in [5, 5.41) is 28.5. The van der Waals surface area contributed by atoms with Gasteiger partial charge in [0.2, 0.25) is 0 Å². The van der Waals surface area contributed by atoms with Crippen LogP contribution in [0.1, 0.15) is 71.1 Å². The molecule has 1 aliphatic heterocycles. The van der Waals surface area contributed by atoms with E-state index in [1.165, 1.54) is 51.4 Å². The van der Waals surface area contributed by atoms with E-state index in [1.54, 1.807) is 0 Å². The van der Waals surface area contributed by atoms with E-state index < -0.39 is 24.4 Å². The molecule has 3 N–H and O–H groups in total. The molecule has 0 aromatic heterocycles. The Hall–Kier alpha value is -0.200. The van der Waals surface area contributed by atoms with Crippen LogP contribution in [0.25, 0.3) is 0 Å². The first kappa shape index (κ1) is 20.8. The van der Waals surface area contributed by atoms with Gasteiger partial charge in [0.05, 0.1) is 13.2 Å². The van der Waals surface area contributed by atoms with Crippen molar-refractivity contribution in [3.63, 3.8) is 0 Å². The van der Waals surface area contributed by atoms with Crippen molar-refractivity contribution < 1.29 is 24.8 Å². The van der Waals surface area contributed by atoms with E-state index in [0.717, 1.165) is 12.8 Å². The molecule has 23 heavy (non-hydrogen) atoms. The SMILES string of the molecule is CCCCCCCCCCCCO[C@@H]1[C@H]([C@H](O)CO)OC[C@@H]1O. The van der Waals surface area contributed by atoms with Crippen LogP contribution in [-0.4, -0.2) is 59.6 Å². The molecule has 0 radical (unpaired) electrons. The molecule has 4 atom stereocenters. The Morgan fingerprint density at radius 3 is 2.13 bits per heavy atom. The lowest BCUT2D eigenvalue weighted by molar-refractivity contribution is -0.0938. The lowest BCUT2D eigenvalue weighted by atomic mass is 10.1. The number of aliphatic hydroxyl groups excluding tert-OH is 3. The summed E-state index contributed by atoms with van der Waals surface area (Å²) in [5.74, 6) is 0. The summed E-state index contributed by atoms with van der Waals surface area (Å²) in [6.45, 7) is 2.58. The maximum Gasteiger partial charge on any atom is 0.114 e. The summed E-state index contributed by atoms with van der Waals surface area (Å²) in [6, 6.07) is 0. The van der Waals surface area contributed by atoms with Crippen LogP contribution in [0.5, 0.6) is 0 Å². The van der Waals surface area contributed by atoms with Crippen LogP contribution in [0.2, 0.25) is 0 Å². The molecule has 5 heteroatoms. The second-order valence-corrected chi connectivity index (χ2v) is 6.63. The topological polar surface area (TPSA) is 79.2 Å². The molecule has 0 aromatic rings. The van der Waals surface area contributed by atoms with Gasteiger partial charge in [-0.1, -0.05) is 64.7 Å². The van der Waals surface area contributed by atoms with Crippen LogP contribution >= 0.6 is 0 Å². The number of aliphatic hydroxyl groups is 3. The summed E-state index contributed by atoms with van der Waals surface area (Å²) in [5.41, 5.74) is 0. The van der Waals surface area contributed by atoms with Crippen LogP contribution in [0.15, 0.2) is 0 Å². The highest BCUT2D eigenvalue weighted by molar-refractivity contribution is 4.89. The Morgan fingerprint density at radius 2 is 1.57 bits per heavy atom. The highest BCUT2D eigenvalue weighted by atomic mass is 16.6. The fourth-order valence-corrected chi connectivity index (χ4v) is 3.07. The minimum Gasteiger partial charge on any atom is -0.394 e. The van der Waals surface area contributed by atoms with Gasteiger partial charge >= 0.3 is 0 Å². The predicted molar refractivity (Wildman–Crippen MR) is 90.4 cm³/mol. The molecule has 0 aromatic carbocycles. The third kappa shape index (κ3) is 8.45. The van der Waals surface area contributed by atoms with Gasteiger partial charge in [-0.3, -0.25) is 0 Å². The van der Waals surface area contributed by atoms with Gasteiger partial charge in [0.15, 0.2) is 0 Å². The molecule has 1 heterocycles. The lowest BCUT2D eigenvalue weighted by Crippen LogP contribution is -2.42. The van der Waals surface area contributed by atoms with Crippen molar-refractivity contribution in [3.8, 4) is 0 Å². The number of ether oxygens (including phenoxy) is 2. The molecule has 5 nitrogen and oxygen atoms in total. The van der Waals surface area contributed by atoms with E-state index in [-0.39, 0.29) is 13.2 Å². The maximum absolute atomic E-state index is 9.82. The summed E-state index contributed by atoms with van der Waals surface area (Å²) in [7, 11) is 0. The van der Waals surface area contributed by atoms with Crippen LogP contribution in [0, 0.1) is 0 Å². The first-order valence-corrected chi connectivity index (χ1v) is 9.40. The molecule has 0 bridgehead atoms. The summed E-state index contributed by atoms with van der Waals surface area (Å²) in [4.78, 5) is 0. The van der Waals surface area contributed by atoms with Crippen molar-refractivity contribution in [3.05, 3.63) is 0 Å². The molecule has 0 saturated carbocycles. The molecular formula is C18H36O5. The van der Waals surface area contributed by atoms with Gasteiger partial charge in [0.1, 0.15) is 24.4 Å². The Bertz CT molecular complexity index is 274. The average Bonchev–Trinajstić information content (AvgIpc) is 2.93. The fraction of sp³-hybridized carbons (Fsp3) is 1.00. The van der Waals surface area contributed by atoms with Crippen molar-refractivity contribution in [2.45, 2.75) is 95.5 Å². The van der Waals surface area contributed by atoms with Crippen molar-refractivity contribution >= 4 is 0 Å². The monoisotopic (exact) mass is 332 g/mol. The Morgan fingerprint density at radius 1 is 1.00 bits per heavy atom. The maximum atomic E-state index is 9.82. The Labute approximate surface area is 141 Å². The number of hydrogen-bond donors (Lipinski definition) is 3. The highest BCUT2D eigenvalue weighted by Crippen LogP contribution is 2.21. The van der Waals surface area contributed by atoms with Crippen molar-refractivity contribution in [1.29, 1.82) is 0 Å². The van der Waals surface area contributed by atoms with Gasteiger partial charge in [0, 0.05) is 6.61 Å². The first-order chi connectivity index (χ1) is 11.2. The molecule has 1 fully saturated rings. The van der Waals surface area contributed by atoms with E-state index in [0.29, 0.717) is 6.61 Å². The smallest absolute Gasteiger partial charge is 0.114 e. The normalized spacial score (nSPS) is 25.8. The molecule has 0 spiro atoms. The Kier molecular flexibility index (Phi) is 11.9. The molecule has 138 valence electrons. The summed E-state index contributed by atoms with van der Waals surface area (Å²) in [6.07, 6.45) is 9.80. The number of rotatable bonds is 14. The van der Waals surface area contributed by atoms with E-state index >= 15 is 0 Å². The van der Waals surface area contributed by atoms with Crippen molar-refractivity contribution in [1.82, 2.24) is 0 Å². The van der Waals surface area contributed by atoms with Gasteiger partial charge in [-0.25, -0.2) is 0 Å². The standard InChI is InChI=1S/C18H36O5/c1-2-3-4-5-6-7-8-9-10-11-12-22-18-16(21)14-23-17(18)15(20)13-19/h15-21H,2-14H2,1H3/t15-,16+,17+,18+/m1/s1. The van der Waals surface area contributed by atoms with Crippen LogP contribution < -0.4 is 0 Å². The molecule has 1 aliphatic rings. The first-order valence-electron chi connectivity index (χ1n) is 9.40. The molecule has 0 unspecified atom stereocenters. The average molecular weight is 332 g/mol. The van der Waals surface area contributed by atoms with Crippen molar-refractivity contribution in [2.24, 2.45) is 0 Å². The number of hydrogen-bond acceptors (Lipinski definition) is 5. The van der Waals surface area contributed by atoms with Gasteiger partial charge < -0.3 is 24.8 Å². The Balaban J connectivity index is 1.97. The minimum absolute atomic E-state index is 0.157. The third-order valence-corrected chi connectivity index (χ3v) is 4.54. The zero-order valence-electron chi connectivity index (χ0n) is 14.7. The van der Waals surface area contributed by atoms with Crippen LogP contribution in [-0.2, 0) is 9.47 Å². The van der Waals surface area contributed by atoms with E-state index in [1.807, 2.05) is 0 Å². The van der Waals surface area contributed by atoms with Gasteiger partial charge in [-0.2, -0.15) is 0 Å². The van der Waals surface area contributed by atoms with Crippen molar-refractivity contribution in [2.75, 3.05) is 19.8 Å². The second kappa shape index (κ2) is 13.1. The molecule has 1 rings (SSSR count). The van der Waals surface area contributed by atoms with E-state index in [4.69, 9.17) is 14.6 Å². The predicted octanol–water partition coefficient (Wildman–Crippen LogP) is 2.41. The van der Waals surface area contributed by atoms with Gasteiger partial charge in [-0.15, -0.1) is 0 Å².